The lowest BCUT2D eigenvalue weighted by Crippen LogP contribution is -2.40. The SMILES string of the molecule is CCNC(=NCc1cc(Br)c(OC)c(OC)c1)N(C)CCOCC1CC1.I. The van der Waals surface area contributed by atoms with Gasteiger partial charge in [0.2, 0.25) is 0 Å². The molecule has 1 aromatic carbocycles. The van der Waals surface area contributed by atoms with Gasteiger partial charge in [0, 0.05) is 26.7 Å². The lowest BCUT2D eigenvalue weighted by atomic mass is 10.2. The van der Waals surface area contributed by atoms with Crippen molar-refractivity contribution in [2.24, 2.45) is 10.9 Å². The molecule has 1 aliphatic rings. The van der Waals surface area contributed by atoms with Crippen molar-refractivity contribution in [1.82, 2.24) is 10.2 Å². The molecule has 27 heavy (non-hydrogen) atoms. The highest BCUT2D eigenvalue weighted by atomic mass is 127. The average molecular weight is 556 g/mol. The molecular formula is C19H31BrIN3O3. The van der Waals surface area contributed by atoms with Crippen molar-refractivity contribution < 1.29 is 14.2 Å². The van der Waals surface area contributed by atoms with Gasteiger partial charge >= 0.3 is 0 Å². The largest absolute Gasteiger partial charge is 0.493 e. The summed E-state index contributed by atoms with van der Waals surface area (Å²) in [6.45, 7) is 5.87. The minimum absolute atomic E-state index is 0. The molecule has 0 bridgehead atoms. The number of nitrogens with zero attached hydrogens (tertiary/aromatic N) is 2. The summed E-state index contributed by atoms with van der Waals surface area (Å²) < 4.78 is 17.3. The van der Waals surface area contributed by atoms with Crippen molar-refractivity contribution >= 4 is 45.9 Å². The van der Waals surface area contributed by atoms with E-state index in [9.17, 15) is 0 Å². The molecule has 0 aliphatic heterocycles. The second-order valence-electron chi connectivity index (χ2n) is 6.42. The smallest absolute Gasteiger partial charge is 0.194 e. The number of likely N-dealkylation sites (N-methyl/N-ethyl adjacent to an activating group) is 1. The van der Waals surface area contributed by atoms with Crippen LogP contribution in [0.5, 0.6) is 11.5 Å². The number of halogens is 2. The number of benzene rings is 1. The molecule has 0 spiro atoms. The van der Waals surface area contributed by atoms with E-state index in [1.165, 1.54) is 12.8 Å². The van der Waals surface area contributed by atoms with E-state index < -0.39 is 0 Å². The third kappa shape index (κ3) is 8.03. The minimum atomic E-state index is 0. The van der Waals surface area contributed by atoms with Gasteiger partial charge in [-0.1, -0.05) is 0 Å². The topological polar surface area (TPSA) is 55.3 Å². The quantitative estimate of drug-likeness (QED) is 0.205. The molecule has 154 valence electrons. The molecule has 0 unspecified atom stereocenters. The summed E-state index contributed by atoms with van der Waals surface area (Å²) >= 11 is 3.53. The standard InChI is InChI=1S/C19H30BrN3O3.HI/c1-5-21-19(23(2)8-9-26-13-14-6-7-14)22-12-15-10-16(20)18(25-4)17(11-15)24-3;/h10-11,14H,5-9,12-13H2,1-4H3,(H,21,22);1H. The molecule has 1 aromatic rings. The lowest BCUT2D eigenvalue weighted by molar-refractivity contribution is 0.115. The molecule has 1 aliphatic carbocycles. The molecule has 0 radical (unpaired) electrons. The van der Waals surface area contributed by atoms with E-state index >= 15 is 0 Å². The predicted molar refractivity (Wildman–Crippen MR) is 124 cm³/mol. The van der Waals surface area contributed by atoms with Gasteiger partial charge in [-0.25, -0.2) is 4.99 Å². The van der Waals surface area contributed by atoms with E-state index in [4.69, 9.17) is 19.2 Å². The molecule has 0 amide bonds. The van der Waals surface area contributed by atoms with Crippen LogP contribution in [0.2, 0.25) is 0 Å². The van der Waals surface area contributed by atoms with E-state index in [1.54, 1.807) is 14.2 Å². The Labute approximate surface area is 188 Å². The van der Waals surface area contributed by atoms with E-state index in [1.807, 2.05) is 19.2 Å². The average Bonchev–Trinajstić information content (AvgIpc) is 3.45. The van der Waals surface area contributed by atoms with Crippen LogP contribution in [0.15, 0.2) is 21.6 Å². The molecule has 8 heteroatoms. The summed E-state index contributed by atoms with van der Waals surface area (Å²) in [4.78, 5) is 6.84. The maximum Gasteiger partial charge on any atom is 0.194 e. The monoisotopic (exact) mass is 555 g/mol. The van der Waals surface area contributed by atoms with Gasteiger partial charge in [0.25, 0.3) is 0 Å². The third-order valence-electron chi connectivity index (χ3n) is 4.22. The van der Waals surface area contributed by atoms with Crippen molar-refractivity contribution in [3.63, 3.8) is 0 Å². The fourth-order valence-corrected chi connectivity index (χ4v) is 3.19. The van der Waals surface area contributed by atoms with Crippen LogP contribution in [0, 0.1) is 5.92 Å². The van der Waals surface area contributed by atoms with Crippen molar-refractivity contribution in [3.8, 4) is 11.5 Å². The highest BCUT2D eigenvalue weighted by Gasteiger charge is 2.21. The van der Waals surface area contributed by atoms with Gasteiger partial charge in [-0.2, -0.15) is 0 Å². The molecule has 1 saturated carbocycles. The first-order chi connectivity index (χ1) is 12.6. The van der Waals surface area contributed by atoms with E-state index in [0.717, 1.165) is 48.2 Å². The van der Waals surface area contributed by atoms with Crippen LogP contribution in [0.4, 0.5) is 0 Å². The number of hydrogen-bond acceptors (Lipinski definition) is 4. The van der Waals surface area contributed by atoms with Crippen LogP contribution >= 0.6 is 39.9 Å². The maximum absolute atomic E-state index is 5.73. The number of hydrogen-bond donors (Lipinski definition) is 1. The normalized spacial score (nSPS) is 13.7. The Hall–Kier alpha value is -0.740. The van der Waals surface area contributed by atoms with Gasteiger partial charge in [0.05, 0.1) is 31.8 Å². The number of rotatable bonds is 10. The molecule has 1 N–H and O–H groups in total. The number of aliphatic imine (C=N–C) groups is 1. The van der Waals surface area contributed by atoms with Crippen LogP contribution in [0.25, 0.3) is 0 Å². The lowest BCUT2D eigenvalue weighted by Gasteiger charge is -2.22. The first-order valence-corrected chi connectivity index (χ1v) is 9.85. The Morgan fingerprint density at radius 1 is 1.30 bits per heavy atom. The van der Waals surface area contributed by atoms with Crippen LogP contribution in [-0.4, -0.2) is 58.4 Å². The van der Waals surface area contributed by atoms with Gasteiger partial charge in [0.1, 0.15) is 0 Å². The van der Waals surface area contributed by atoms with E-state index in [-0.39, 0.29) is 24.0 Å². The summed E-state index contributed by atoms with van der Waals surface area (Å²) in [5.74, 6) is 3.05. The number of nitrogens with one attached hydrogen (secondary N) is 1. The second kappa shape index (κ2) is 12.7. The molecular weight excluding hydrogens is 525 g/mol. The molecule has 0 atom stereocenters. The third-order valence-corrected chi connectivity index (χ3v) is 4.81. The summed E-state index contributed by atoms with van der Waals surface area (Å²) in [7, 11) is 5.30. The first kappa shape index (κ1) is 24.3. The van der Waals surface area contributed by atoms with E-state index in [2.05, 4.69) is 33.1 Å². The second-order valence-corrected chi connectivity index (χ2v) is 7.28. The molecule has 6 nitrogen and oxygen atoms in total. The van der Waals surface area contributed by atoms with E-state index in [0.29, 0.717) is 18.0 Å². The summed E-state index contributed by atoms with van der Waals surface area (Å²) in [6.07, 6.45) is 2.64. The van der Waals surface area contributed by atoms with Crippen molar-refractivity contribution in [3.05, 3.63) is 22.2 Å². The Bertz CT molecular complexity index is 612. The number of ether oxygens (including phenoxy) is 3. The Morgan fingerprint density at radius 3 is 2.63 bits per heavy atom. The zero-order valence-corrected chi connectivity index (χ0v) is 20.5. The number of guanidine groups is 1. The van der Waals surface area contributed by atoms with Crippen LogP contribution in [-0.2, 0) is 11.3 Å². The molecule has 2 rings (SSSR count). The van der Waals surface area contributed by atoms with Gasteiger partial charge in [-0.3, -0.25) is 0 Å². The van der Waals surface area contributed by atoms with Crippen LogP contribution in [0.1, 0.15) is 25.3 Å². The Kier molecular flexibility index (Phi) is 11.4. The maximum atomic E-state index is 5.73. The van der Waals surface area contributed by atoms with Gasteiger partial charge < -0.3 is 24.4 Å². The van der Waals surface area contributed by atoms with Gasteiger partial charge in [0.15, 0.2) is 17.5 Å². The fourth-order valence-electron chi connectivity index (χ4n) is 2.54. The minimum Gasteiger partial charge on any atom is -0.493 e. The number of methoxy groups -OCH3 is 2. The zero-order valence-electron chi connectivity index (χ0n) is 16.6. The zero-order chi connectivity index (χ0) is 18.9. The fraction of sp³-hybridized carbons (Fsp3) is 0.632. The highest BCUT2D eigenvalue weighted by molar-refractivity contribution is 14.0. The van der Waals surface area contributed by atoms with Crippen molar-refractivity contribution in [2.75, 3.05) is 47.6 Å². The molecule has 0 saturated heterocycles. The Morgan fingerprint density at radius 2 is 2.04 bits per heavy atom. The van der Waals surface area contributed by atoms with Gasteiger partial charge in [-0.15, -0.1) is 24.0 Å². The first-order valence-electron chi connectivity index (χ1n) is 9.06. The summed E-state index contributed by atoms with van der Waals surface area (Å²) in [5.41, 5.74) is 1.04. The Balaban J connectivity index is 0.00000364. The van der Waals surface area contributed by atoms with Crippen LogP contribution in [0.3, 0.4) is 0 Å². The van der Waals surface area contributed by atoms with Crippen molar-refractivity contribution in [1.29, 1.82) is 0 Å². The summed E-state index contributed by atoms with van der Waals surface area (Å²) in [6, 6.07) is 3.96. The predicted octanol–water partition coefficient (Wildman–Crippen LogP) is 3.91. The van der Waals surface area contributed by atoms with Gasteiger partial charge in [-0.05, 0) is 59.3 Å². The molecule has 1 fully saturated rings. The van der Waals surface area contributed by atoms with Crippen LogP contribution < -0.4 is 14.8 Å². The highest BCUT2D eigenvalue weighted by Crippen LogP contribution is 2.36. The molecule has 0 aromatic heterocycles. The molecule has 0 heterocycles. The summed E-state index contributed by atoms with van der Waals surface area (Å²) in [5, 5.41) is 3.33. The van der Waals surface area contributed by atoms with Crippen molar-refractivity contribution in [2.45, 2.75) is 26.3 Å².